The lowest BCUT2D eigenvalue weighted by Gasteiger charge is -2.35. The number of hydrogen-bond acceptors (Lipinski definition) is 4. The molecule has 106 valence electrons. The average molecular weight is 262 g/mol. The number of rotatable bonds is 5. The first-order valence-corrected chi connectivity index (χ1v) is 7.53. The Morgan fingerprint density at radius 1 is 1.21 bits per heavy atom. The largest absolute Gasteiger partial charge is 0.369 e. The van der Waals surface area contributed by atoms with Gasteiger partial charge in [-0.25, -0.2) is 4.98 Å². The topological polar surface area (TPSA) is 41.1 Å². The number of nitrogens with one attached hydrogen (secondary N) is 1. The number of anilines is 2. The third kappa shape index (κ3) is 3.58. The Balaban J connectivity index is 1.99. The summed E-state index contributed by atoms with van der Waals surface area (Å²) in [6.07, 6.45) is 10.2. The lowest BCUT2D eigenvalue weighted by Crippen LogP contribution is -2.35. The molecule has 0 spiro atoms. The maximum atomic E-state index is 4.63. The van der Waals surface area contributed by atoms with Gasteiger partial charge in [0.25, 0.3) is 0 Å². The van der Waals surface area contributed by atoms with Crippen molar-refractivity contribution in [3.63, 3.8) is 0 Å². The third-order valence-electron chi connectivity index (χ3n) is 4.28. The molecule has 0 unspecified atom stereocenters. The van der Waals surface area contributed by atoms with Crippen LogP contribution in [-0.2, 0) is 0 Å². The molecule has 1 aromatic heterocycles. The van der Waals surface area contributed by atoms with Crippen LogP contribution in [0.5, 0.6) is 0 Å². The first-order chi connectivity index (χ1) is 9.24. The van der Waals surface area contributed by atoms with E-state index in [1.807, 2.05) is 6.20 Å². The normalized spacial score (nSPS) is 23.1. The summed E-state index contributed by atoms with van der Waals surface area (Å²) in [5.74, 6) is 2.79. The zero-order chi connectivity index (χ0) is 13.7. The summed E-state index contributed by atoms with van der Waals surface area (Å²) in [6, 6.07) is 0.619. The fourth-order valence-corrected chi connectivity index (χ4v) is 2.92. The molecule has 1 aromatic rings. The van der Waals surface area contributed by atoms with Crippen LogP contribution < -0.4 is 10.2 Å². The van der Waals surface area contributed by atoms with Gasteiger partial charge in [0.05, 0.1) is 12.4 Å². The molecule has 0 aliphatic heterocycles. The standard InChI is InChI=1S/C15H26N4/c1-4-12-6-8-13(9-7-12)19(3)15-11-16-10-14(18-15)17-5-2/h10-13H,4-9H2,1-3H3,(H,17,18). The van der Waals surface area contributed by atoms with E-state index in [-0.39, 0.29) is 0 Å². The molecule has 1 N–H and O–H groups in total. The molecule has 0 radical (unpaired) electrons. The third-order valence-corrected chi connectivity index (χ3v) is 4.28. The van der Waals surface area contributed by atoms with Crippen LogP contribution in [0.25, 0.3) is 0 Å². The van der Waals surface area contributed by atoms with E-state index >= 15 is 0 Å². The van der Waals surface area contributed by atoms with Crippen molar-refractivity contribution in [1.29, 1.82) is 0 Å². The molecule has 1 heterocycles. The minimum absolute atomic E-state index is 0.619. The lowest BCUT2D eigenvalue weighted by atomic mass is 9.84. The zero-order valence-corrected chi connectivity index (χ0v) is 12.4. The summed E-state index contributed by atoms with van der Waals surface area (Å²) in [4.78, 5) is 11.2. The SMILES string of the molecule is CCNc1cncc(N(C)C2CCC(CC)CC2)n1. The summed E-state index contributed by atoms with van der Waals surface area (Å²) in [7, 11) is 2.15. The van der Waals surface area contributed by atoms with Crippen LogP contribution in [0.2, 0.25) is 0 Å². The maximum Gasteiger partial charge on any atom is 0.149 e. The summed E-state index contributed by atoms with van der Waals surface area (Å²) in [6.45, 7) is 5.26. The minimum Gasteiger partial charge on any atom is -0.369 e. The van der Waals surface area contributed by atoms with Crippen LogP contribution in [0, 0.1) is 5.92 Å². The van der Waals surface area contributed by atoms with Gasteiger partial charge in [0.15, 0.2) is 0 Å². The van der Waals surface area contributed by atoms with Gasteiger partial charge in [0, 0.05) is 19.6 Å². The maximum absolute atomic E-state index is 4.63. The molecule has 4 heteroatoms. The van der Waals surface area contributed by atoms with E-state index in [4.69, 9.17) is 0 Å². The number of nitrogens with zero attached hydrogens (tertiary/aromatic N) is 3. The van der Waals surface area contributed by atoms with Crippen molar-refractivity contribution in [3.05, 3.63) is 12.4 Å². The summed E-state index contributed by atoms with van der Waals surface area (Å²) in [5, 5.41) is 3.22. The second-order valence-corrected chi connectivity index (χ2v) is 5.49. The molecule has 19 heavy (non-hydrogen) atoms. The summed E-state index contributed by atoms with van der Waals surface area (Å²) >= 11 is 0. The number of hydrogen-bond donors (Lipinski definition) is 1. The Morgan fingerprint density at radius 3 is 2.58 bits per heavy atom. The first-order valence-electron chi connectivity index (χ1n) is 7.53. The molecule has 1 aliphatic rings. The predicted molar refractivity (Wildman–Crippen MR) is 80.6 cm³/mol. The molecular formula is C15H26N4. The van der Waals surface area contributed by atoms with Gasteiger partial charge in [0.1, 0.15) is 11.6 Å². The Kier molecular flexibility index (Phi) is 5.00. The smallest absolute Gasteiger partial charge is 0.149 e. The Bertz CT molecular complexity index is 385. The molecule has 0 aromatic carbocycles. The van der Waals surface area contributed by atoms with Crippen molar-refractivity contribution in [2.45, 2.75) is 52.0 Å². The van der Waals surface area contributed by atoms with Crippen LogP contribution in [0.15, 0.2) is 12.4 Å². The fraction of sp³-hybridized carbons (Fsp3) is 0.733. The Morgan fingerprint density at radius 2 is 1.95 bits per heavy atom. The number of aromatic nitrogens is 2. The van der Waals surface area contributed by atoms with Gasteiger partial charge in [-0.3, -0.25) is 4.98 Å². The van der Waals surface area contributed by atoms with Gasteiger partial charge in [-0.15, -0.1) is 0 Å². The second kappa shape index (κ2) is 6.73. The Labute approximate surface area is 116 Å². The van der Waals surface area contributed by atoms with Gasteiger partial charge in [-0.2, -0.15) is 0 Å². The van der Waals surface area contributed by atoms with E-state index in [9.17, 15) is 0 Å². The highest BCUT2D eigenvalue weighted by Crippen LogP contribution is 2.30. The Hall–Kier alpha value is -1.32. The van der Waals surface area contributed by atoms with Crippen LogP contribution in [-0.4, -0.2) is 29.6 Å². The molecular weight excluding hydrogens is 236 g/mol. The van der Waals surface area contributed by atoms with Gasteiger partial charge < -0.3 is 10.2 Å². The highest BCUT2D eigenvalue weighted by Gasteiger charge is 2.24. The molecule has 0 saturated heterocycles. The van der Waals surface area contributed by atoms with Crippen molar-refractivity contribution in [2.24, 2.45) is 5.92 Å². The quantitative estimate of drug-likeness (QED) is 0.884. The highest BCUT2D eigenvalue weighted by atomic mass is 15.2. The van der Waals surface area contributed by atoms with Crippen LogP contribution >= 0.6 is 0 Å². The lowest BCUT2D eigenvalue weighted by molar-refractivity contribution is 0.313. The van der Waals surface area contributed by atoms with Crippen molar-refractivity contribution in [3.8, 4) is 0 Å². The van der Waals surface area contributed by atoms with Crippen molar-refractivity contribution in [1.82, 2.24) is 9.97 Å². The van der Waals surface area contributed by atoms with Gasteiger partial charge in [-0.05, 0) is 38.5 Å². The predicted octanol–water partition coefficient (Wildman–Crippen LogP) is 3.31. The zero-order valence-electron chi connectivity index (χ0n) is 12.4. The van der Waals surface area contributed by atoms with Crippen molar-refractivity contribution >= 4 is 11.6 Å². The minimum atomic E-state index is 0.619. The molecule has 2 rings (SSSR count). The van der Waals surface area contributed by atoms with E-state index in [2.05, 4.69) is 41.1 Å². The molecule has 0 bridgehead atoms. The van der Waals surface area contributed by atoms with Crippen molar-refractivity contribution < 1.29 is 0 Å². The molecule has 0 amide bonds. The van der Waals surface area contributed by atoms with E-state index in [0.29, 0.717) is 6.04 Å². The van der Waals surface area contributed by atoms with Crippen LogP contribution in [0.3, 0.4) is 0 Å². The van der Waals surface area contributed by atoms with Gasteiger partial charge >= 0.3 is 0 Å². The molecule has 1 saturated carbocycles. The molecule has 4 nitrogen and oxygen atoms in total. The van der Waals surface area contributed by atoms with E-state index < -0.39 is 0 Å². The van der Waals surface area contributed by atoms with E-state index in [1.54, 1.807) is 6.20 Å². The second-order valence-electron chi connectivity index (χ2n) is 5.49. The monoisotopic (exact) mass is 262 g/mol. The van der Waals surface area contributed by atoms with Crippen molar-refractivity contribution in [2.75, 3.05) is 23.8 Å². The van der Waals surface area contributed by atoms with Gasteiger partial charge in [-0.1, -0.05) is 13.3 Å². The van der Waals surface area contributed by atoms with Crippen LogP contribution in [0.4, 0.5) is 11.6 Å². The van der Waals surface area contributed by atoms with Crippen LogP contribution in [0.1, 0.15) is 46.0 Å². The molecule has 1 fully saturated rings. The summed E-state index contributed by atoms with van der Waals surface area (Å²) < 4.78 is 0. The highest BCUT2D eigenvalue weighted by molar-refractivity contribution is 5.44. The molecule has 1 aliphatic carbocycles. The van der Waals surface area contributed by atoms with Gasteiger partial charge in [0.2, 0.25) is 0 Å². The average Bonchev–Trinajstić information content (AvgIpc) is 2.47. The van der Waals surface area contributed by atoms with E-state index in [0.717, 1.165) is 24.1 Å². The van der Waals surface area contributed by atoms with E-state index in [1.165, 1.54) is 32.1 Å². The summed E-state index contributed by atoms with van der Waals surface area (Å²) in [5.41, 5.74) is 0. The fourth-order valence-electron chi connectivity index (χ4n) is 2.92. The molecule has 0 atom stereocenters. The first kappa shape index (κ1) is 14.1.